The van der Waals surface area contributed by atoms with Crippen LogP contribution in [0.15, 0.2) is 91.0 Å². The fraction of sp³-hybridized carbons (Fsp3) is 0.143. The third-order valence-electron chi connectivity index (χ3n) is 3.66. The molecule has 122 valence electrons. The summed E-state index contributed by atoms with van der Waals surface area (Å²) in [7, 11) is -2.29. The molecule has 0 saturated carbocycles. The molecule has 3 aromatic carbocycles. The van der Waals surface area contributed by atoms with Crippen molar-refractivity contribution >= 4 is 13.0 Å². The Morgan fingerprint density at radius 3 is 1.46 bits per heavy atom. The monoisotopic (exact) mass is 337 g/mol. The van der Waals surface area contributed by atoms with Crippen LogP contribution < -0.4 is 14.4 Å². The van der Waals surface area contributed by atoms with E-state index in [-0.39, 0.29) is 0 Å². The second-order valence-corrected chi connectivity index (χ2v) is 8.22. The second kappa shape index (κ2) is 7.99. The van der Waals surface area contributed by atoms with Gasteiger partial charge in [-0.3, -0.25) is 0 Å². The van der Waals surface area contributed by atoms with Crippen LogP contribution in [0.25, 0.3) is 0 Å². The van der Waals surface area contributed by atoms with Gasteiger partial charge in [0.1, 0.15) is 6.16 Å². The lowest BCUT2D eigenvalue weighted by molar-refractivity contribution is 0.472. The molecule has 2 nitrogen and oxygen atoms in total. The zero-order valence-electron chi connectivity index (χ0n) is 13.8. The van der Waals surface area contributed by atoms with Crippen molar-refractivity contribution in [1.82, 2.24) is 0 Å². The van der Waals surface area contributed by atoms with Crippen molar-refractivity contribution in [3.05, 3.63) is 91.0 Å². The van der Waals surface area contributed by atoms with Crippen molar-refractivity contribution in [3.8, 4) is 11.5 Å². The van der Waals surface area contributed by atoms with E-state index in [1.54, 1.807) is 0 Å². The van der Waals surface area contributed by atoms with Gasteiger partial charge in [0.05, 0.1) is 0 Å². The fourth-order valence-corrected chi connectivity index (χ4v) is 5.43. The van der Waals surface area contributed by atoms with Gasteiger partial charge in [-0.2, -0.15) is 0 Å². The van der Waals surface area contributed by atoms with Crippen LogP contribution in [0.1, 0.15) is 13.3 Å². The average Bonchev–Trinajstić information content (AvgIpc) is 2.64. The molecule has 0 fully saturated rings. The Bertz CT molecular complexity index is 688. The largest absolute Gasteiger partial charge is 0.396 e. The number of benzene rings is 3. The molecular weight excluding hydrogens is 315 g/mol. The molecule has 0 bridgehead atoms. The summed E-state index contributed by atoms with van der Waals surface area (Å²) < 4.78 is 13.0. The summed E-state index contributed by atoms with van der Waals surface area (Å²) in [6.45, 7) is 2.17. The van der Waals surface area contributed by atoms with Gasteiger partial charge in [0.15, 0.2) is 16.8 Å². The zero-order valence-corrected chi connectivity index (χ0v) is 14.7. The van der Waals surface area contributed by atoms with Crippen molar-refractivity contribution in [2.45, 2.75) is 13.3 Å². The molecule has 3 rings (SSSR count). The van der Waals surface area contributed by atoms with Crippen LogP contribution in [0.5, 0.6) is 11.5 Å². The molecular formula is C21H22O2P+. The van der Waals surface area contributed by atoms with E-state index in [0.717, 1.165) is 29.4 Å². The summed E-state index contributed by atoms with van der Waals surface area (Å²) in [6.07, 6.45) is 1.85. The lowest BCUT2D eigenvalue weighted by atomic mass is 10.3. The van der Waals surface area contributed by atoms with Crippen molar-refractivity contribution in [3.63, 3.8) is 0 Å². The van der Waals surface area contributed by atoms with E-state index in [0.29, 0.717) is 0 Å². The minimum atomic E-state index is -2.29. The first-order valence-electron chi connectivity index (χ1n) is 8.25. The van der Waals surface area contributed by atoms with Crippen LogP contribution in [-0.4, -0.2) is 6.16 Å². The van der Waals surface area contributed by atoms with Gasteiger partial charge in [-0.25, -0.2) is 0 Å². The predicted molar refractivity (Wildman–Crippen MR) is 102 cm³/mol. The maximum Gasteiger partial charge on any atom is 0.396 e. The molecule has 0 saturated heterocycles. The highest BCUT2D eigenvalue weighted by Crippen LogP contribution is 2.59. The highest BCUT2D eigenvalue weighted by molar-refractivity contribution is 7.74. The van der Waals surface area contributed by atoms with Crippen molar-refractivity contribution in [1.29, 1.82) is 0 Å². The van der Waals surface area contributed by atoms with Crippen molar-refractivity contribution in [2.75, 3.05) is 6.16 Å². The van der Waals surface area contributed by atoms with Gasteiger partial charge < -0.3 is 9.05 Å². The smallest absolute Gasteiger partial charge is 0.304 e. The molecule has 0 aliphatic carbocycles. The lowest BCUT2D eigenvalue weighted by Crippen LogP contribution is -2.24. The Kier molecular flexibility index (Phi) is 5.51. The predicted octanol–water partition coefficient (Wildman–Crippen LogP) is 5.73. The first kappa shape index (κ1) is 16.5. The molecule has 0 aromatic heterocycles. The molecule has 0 aliphatic heterocycles. The van der Waals surface area contributed by atoms with Crippen LogP contribution >= 0.6 is 7.72 Å². The minimum absolute atomic E-state index is 0.846. The molecule has 0 spiro atoms. The van der Waals surface area contributed by atoms with E-state index >= 15 is 0 Å². The van der Waals surface area contributed by atoms with Gasteiger partial charge in [-0.05, 0) is 42.8 Å². The summed E-state index contributed by atoms with van der Waals surface area (Å²) in [6, 6.07) is 30.2. The fourth-order valence-electron chi connectivity index (χ4n) is 2.60. The molecule has 3 aromatic rings. The summed E-state index contributed by atoms with van der Waals surface area (Å²) in [5.41, 5.74) is 0. The maximum absolute atomic E-state index is 6.52. The van der Waals surface area contributed by atoms with Gasteiger partial charge in [0, 0.05) is 0 Å². The van der Waals surface area contributed by atoms with Gasteiger partial charge in [0.25, 0.3) is 0 Å². The average molecular weight is 337 g/mol. The van der Waals surface area contributed by atoms with E-state index in [1.807, 2.05) is 78.9 Å². The summed E-state index contributed by atoms with van der Waals surface area (Å²) in [5, 5.41) is 1.12. The molecule has 3 heteroatoms. The van der Waals surface area contributed by atoms with E-state index < -0.39 is 7.72 Å². The first-order chi connectivity index (χ1) is 11.8. The van der Waals surface area contributed by atoms with Crippen LogP contribution in [-0.2, 0) is 0 Å². The molecule has 24 heavy (non-hydrogen) atoms. The van der Waals surface area contributed by atoms with Crippen LogP contribution in [0.4, 0.5) is 0 Å². The van der Waals surface area contributed by atoms with E-state index in [1.165, 1.54) is 0 Å². The Morgan fingerprint density at radius 2 is 1.04 bits per heavy atom. The Balaban J connectivity index is 2.02. The number of para-hydroxylation sites is 2. The normalized spacial score (nSPS) is 11.0. The number of hydrogen-bond acceptors (Lipinski definition) is 2. The topological polar surface area (TPSA) is 18.5 Å². The summed E-state index contributed by atoms with van der Waals surface area (Å²) >= 11 is 0. The highest BCUT2D eigenvalue weighted by atomic mass is 31.2. The number of hydrogen-bond donors (Lipinski definition) is 0. The molecule has 0 radical (unpaired) electrons. The molecule has 0 amide bonds. The molecule has 0 atom stereocenters. The molecule has 0 aliphatic rings. The molecule has 0 unspecified atom stereocenters. The van der Waals surface area contributed by atoms with Gasteiger partial charge in [-0.15, -0.1) is 0 Å². The highest BCUT2D eigenvalue weighted by Gasteiger charge is 2.47. The molecule has 0 N–H and O–H groups in total. The number of rotatable bonds is 7. The van der Waals surface area contributed by atoms with Crippen LogP contribution in [0.2, 0.25) is 0 Å². The zero-order chi connectivity index (χ0) is 16.7. The Hall–Kier alpha value is -2.31. The maximum atomic E-state index is 6.52. The quantitative estimate of drug-likeness (QED) is 0.513. The second-order valence-electron chi connectivity index (χ2n) is 5.54. The molecule has 0 heterocycles. The third-order valence-corrected chi connectivity index (χ3v) is 6.79. The Labute approximate surface area is 144 Å². The summed E-state index contributed by atoms with van der Waals surface area (Å²) in [5.74, 6) is 1.69. The van der Waals surface area contributed by atoms with Crippen LogP contribution in [0.3, 0.4) is 0 Å². The van der Waals surface area contributed by atoms with Gasteiger partial charge in [-0.1, -0.05) is 61.5 Å². The van der Waals surface area contributed by atoms with Crippen molar-refractivity contribution < 1.29 is 9.05 Å². The van der Waals surface area contributed by atoms with Gasteiger partial charge >= 0.3 is 7.72 Å². The van der Waals surface area contributed by atoms with Crippen molar-refractivity contribution in [2.24, 2.45) is 0 Å². The van der Waals surface area contributed by atoms with E-state index in [9.17, 15) is 0 Å². The minimum Gasteiger partial charge on any atom is -0.304 e. The SMILES string of the molecule is CCC[P+](Oc1ccccc1)(Oc1ccccc1)c1ccccc1. The lowest BCUT2D eigenvalue weighted by Gasteiger charge is -2.24. The standard InChI is InChI=1S/C21H22O2P/c1-2-18-24(21-16-10-5-11-17-21,22-19-12-6-3-7-13-19)23-20-14-8-4-9-15-20/h3-17H,2,18H2,1H3/q+1. The Morgan fingerprint density at radius 1 is 0.625 bits per heavy atom. The third kappa shape index (κ3) is 3.96. The summed E-state index contributed by atoms with van der Waals surface area (Å²) in [4.78, 5) is 0. The van der Waals surface area contributed by atoms with Gasteiger partial charge in [0.2, 0.25) is 0 Å². The van der Waals surface area contributed by atoms with E-state index in [2.05, 4.69) is 19.1 Å². The van der Waals surface area contributed by atoms with E-state index in [4.69, 9.17) is 9.05 Å². The first-order valence-corrected chi connectivity index (χ1v) is 10.1. The van der Waals surface area contributed by atoms with Crippen LogP contribution in [0, 0.1) is 0 Å².